The minimum Gasteiger partial charge on any atom is -0.309 e. The maximum Gasteiger partial charge on any atom is 0.389 e. The van der Waals surface area contributed by atoms with Gasteiger partial charge >= 0.3 is 6.18 Å². The molecule has 10 heteroatoms. The number of rotatable bonds is 9. The summed E-state index contributed by atoms with van der Waals surface area (Å²) >= 11 is 0. The first kappa shape index (κ1) is 26.4. The second-order valence-electron chi connectivity index (χ2n) is 8.05. The zero-order valence-corrected chi connectivity index (χ0v) is 19.6. The first-order valence-corrected chi connectivity index (χ1v) is 11.7. The van der Waals surface area contributed by atoms with E-state index >= 15 is 0 Å². The van der Waals surface area contributed by atoms with Crippen LogP contribution in [0.4, 0.5) is 18.9 Å². The van der Waals surface area contributed by atoms with Crippen LogP contribution in [-0.4, -0.2) is 45.9 Å². The van der Waals surface area contributed by atoms with Gasteiger partial charge in [-0.15, -0.1) is 16.9 Å². The molecule has 1 aliphatic rings. The predicted octanol–water partition coefficient (Wildman–Crippen LogP) is 4.99. The van der Waals surface area contributed by atoms with E-state index in [9.17, 15) is 21.6 Å². The summed E-state index contributed by atoms with van der Waals surface area (Å²) in [6.45, 7) is 0.677. The first-order valence-electron chi connectivity index (χ1n) is 10.1. The van der Waals surface area contributed by atoms with Crippen LogP contribution in [0.3, 0.4) is 0 Å². The molecule has 1 aliphatic carbocycles. The van der Waals surface area contributed by atoms with Crippen LogP contribution in [0.25, 0.3) is 0 Å². The lowest BCUT2D eigenvalue weighted by Gasteiger charge is -2.30. The third kappa shape index (κ3) is 6.84. The van der Waals surface area contributed by atoms with E-state index in [-0.39, 0.29) is 24.0 Å². The van der Waals surface area contributed by atoms with Crippen molar-refractivity contribution >= 4 is 28.1 Å². The third-order valence-corrected chi connectivity index (χ3v) is 6.77. The SMILES string of the molecule is CN(C)CC1Cc2ccccc2C1ON(c1ccccc1)S(=O)(=O)CCCC(F)(F)F.Cl. The molecule has 2 aromatic rings. The van der Waals surface area contributed by atoms with Crippen LogP contribution >= 0.6 is 12.4 Å². The molecule has 0 bridgehead atoms. The van der Waals surface area contributed by atoms with Gasteiger partial charge in [0.1, 0.15) is 6.10 Å². The highest BCUT2D eigenvalue weighted by Crippen LogP contribution is 2.41. The monoisotopic (exact) mass is 492 g/mol. The first-order chi connectivity index (χ1) is 14.6. The van der Waals surface area contributed by atoms with E-state index in [0.717, 1.165) is 22.0 Å². The molecule has 2 atom stereocenters. The molecule has 0 spiro atoms. The van der Waals surface area contributed by atoms with Crippen LogP contribution in [0.5, 0.6) is 0 Å². The van der Waals surface area contributed by atoms with E-state index in [1.807, 2.05) is 43.3 Å². The summed E-state index contributed by atoms with van der Waals surface area (Å²) in [6.07, 6.45) is -5.90. The second kappa shape index (κ2) is 10.9. The molecule has 0 radical (unpaired) electrons. The summed E-state index contributed by atoms with van der Waals surface area (Å²) in [4.78, 5) is 8.13. The fourth-order valence-electron chi connectivity index (χ4n) is 3.89. The van der Waals surface area contributed by atoms with E-state index < -0.39 is 40.9 Å². The molecule has 2 unspecified atom stereocenters. The van der Waals surface area contributed by atoms with Gasteiger partial charge in [-0.2, -0.15) is 13.2 Å². The lowest BCUT2D eigenvalue weighted by Crippen LogP contribution is -2.37. The molecule has 0 heterocycles. The Morgan fingerprint density at radius 1 is 1.03 bits per heavy atom. The van der Waals surface area contributed by atoms with Crippen LogP contribution in [0, 0.1) is 5.92 Å². The predicted molar refractivity (Wildman–Crippen MR) is 121 cm³/mol. The van der Waals surface area contributed by atoms with E-state index in [4.69, 9.17) is 4.84 Å². The van der Waals surface area contributed by atoms with Crippen molar-refractivity contribution in [1.29, 1.82) is 0 Å². The average molecular weight is 493 g/mol. The molecule has 0 fully saturated rings. The van der Waals surface area contributed by atoms with E-state index in [1.165, 1.54) is 0 Å². The van der Waals surface area contributed by atoms with E-state index in [1.54, 1.807) is 30.3 Å². The van der Waals surface area contributed by atoms with E-state index in [0.29, 0.717) is 6.54 Å². The molecule has 5 nitrogen and oxygen atoms in total. The highest BCUT2D eigenvalue weighted by Gasteiger charge is 2.38. The van der Waals surface area contributed by atoms with Gasteiger partial charge in [0.15, 0.2) is 0 Å². The number of anilines is 1. The van der Waals surface area contributed by atoms with Crippen molar-refractivity contribution in [2.75, 3.05) is 30.9 Å². The molecular formula is C22H28ClF3N2O3S. The number of para-hydroxylation sites is 1. The highest BCUT2D eigenvalue weighted by molar-refractivity contribution is 7.92. The normalized spacial score (nSPS) is 18.3. The number of hydrogen-bond donors (Lipinski definition) is 0. The van der Waals surface area contributed by atoms with E-state index in [2.05, 4.69) is 0 Å². The Kier molecular flexibility index (Phi) is 8.98. The Bertz CT molecular complexity index is 972. The summed E-state index contributed by atoms with van der Waals surface area (Å²) in [5, 5.41) is 0. The topological polar surface area (TPSA) is 49.9 Å². The molecule has 2 aromatic carbocycles. The fraction of sp³-hybridized carbons (Fsp3) is 0.455. The van der Waals surface area contributed by atoms with Crippen molar-refractivity contribution in [1.82, 2.24) is 4.90 Å². The number of halogens is 4. The van der Waals surface area contributed by atoms with Gasteiger partial charge in [0.2, 0.25) is 0 Å². The van der Waals surface area contributed by atoms with Crippen molar-refractivity contribution < 1.29 is 26.4 Å². The maximum atomic E-state index is 13.1. The Hall–Kier alpha value is -1.81. The second-order valence-corrected chi connectivity index (χ2v) is 9.95. The minimum atomic E-state index is -4.41. The molecule has 32 heavy (non-hydrogen) atoms. The van der Waals surface area contributed by atoms with Crippen molar-refractivity contribution in [3.63, 3.8) is 0 Å². The number of fused-ring (bicyclic) bond motifs is 1. The quantitative estimate of drug-likeness (QED) is 0.462. The summed E-state index contributed by atoms with van der Waals surface area (Å²) in [5.74, 6) is -0.655. The molecule has 0 aliphatic heterocycles. The summed E-state index contributed by atoms with van der Waals surface area (Å²) in [7, 11) is -0.275. The minimum absolute atomic E-state index is 0. The van der Waals surface area contributed by atoms with Crippen LogP contribution in [0.1, 0.15) is 30.1 Å². The Morgan fingerprint density at radius 2 is 1.66 bits per heavy atom. The maximum absolute atomic E-state index is 13.1. The highest BCUT2D eigenvalue weighted by atomic mass is 35.5. The van der Waals surface area contributed by atoms with Gasteiger partial charge < -0.3 is 4.90 Å². The Balaban J connectivity index is 0.00000363. The number of sulfonamides is 1. The van der Waals surface area contributed by atoms with Gasteiger partial charge in [-0.1, -0.05) is 42.5 Å². The lowest BCUT2D eigenvalue weighted by atomic mass is 10.0. The van der Waals surface area contributed by atoms with Crippen LogP contribution in [-0.2, 0) is 21.3 Å². The van der Waals surface area contributed by atoms with Gasteiger partial charge in [-0.05, 0) is 50.2 Å². The van der Waals surface area contributed by atoms with Gasteiger partial charge in [0, 0.05) is 18.9 Å². The van der Waals surface area contributed by atoms with Crippen molar-refractivity contribution in [3.8, 4) is 0 Å². The van der Waals surface area contributed by atoms with Crippen molar-refractivity contribution in [2.24, 2.45) is 5.92 Å². The summed E-state index contributed by atoms with van der Waals surface area (Å²) in [5.41, 5.74) is 2.25. The average Bonchev–Trinajstić information content (AvgIpc) is 3.01. The molecule has 3 rings (SSSR count). The van der Waals surface area contributed by atoms with Gasteiger partial charge in [0.25, 0.3) is 10.0 Å². The standard InChI is InChI=1S/C22H27F3N2O3S.ClH/c1-26(2)16-18-15-17-9-6-7-12-20(17)21(18)30-27(19-10-4-3-5-11-19)31(28,29)14-8-13-22(23,24)25;/h3-7,9-12,18,21H,8,13-16H2,1-2H3;1H. The smallest absolute Gasteiger partial charge is 0.309 e. The molecular weight excluding hydrogens is 465 g/mol. The largest absolute Gasteiger partial charge is 0.389 e. The lowest BCUT2D eigenvalue weighted by molar-refractivity contribution is -0.134. The Morgan fingerprint density at radius 3 is 2.28 bits per heavy atom. The molecule has 0 saturated carbocycles. The zero-order valence-electron chi connectivity index (χ0n) is 18.0. The summed E-state index contributed by atoms with van der Waals surface area (Å²) < 4.78 is 64.7. The van der Waals surface area contributed by atoms with Crippen LogP contribution in [0.2, 0.25) is 0 Å². The number of hydrogen-bond acceptors (Lipinski definition) is 4. The molecule has 0 aromatic heterocycles. The molecule has 178 valence electrons. The van der Waals surface area contributed by atoms with Crippen LogP contribution in [0.15, 0.2) is 54.6 Å². The third-order valence-electron chi connectivity index (χ3n) is 5.16. The molecule has 0 N–H and O–H groups in total. The zero-order chi connectivity index (χ0) is 22.6. The fourth-order valence-corrected chi connectivity index (χ4v) is 5.23. The van der Waals surface area contributed by atoms with Crippen molar-refractivity contribution in [3.05, 3.63) is 65.7 Å². The van der Waals surface area contributed by atoms with Gasteiger partial charge in [-0.3, -0.25) is 4.84 Å². The number of alkyl halides is 3. The number of nitrogens with zero attached hydrogens (tertiary/aromatic N) is 2. The molecule has 0 saturated heterocycles. The number of benzene rings is 2. The van der Waals surface area contributed by atoms with Crippen molar-refractivity contribution in [2.45, 2.75) is 31.5 Å². The Labute approximate surface area is 193 Å². The van der Waals surface area contributed by atoms with Gasteiger partial charge in [0.05, 0.1) is 11.4 Å². The molecule has 0 amide bonds. The van der Waals surface area contributed by atoms with Gasteiger partial charge in [-0.25, -0.2) is 8.42 Å². The summed E-state index contributed by atoms with van der Waals surface area (Å²) in [6, 6.07) is 15.9. The van der Waals surface area contributed by atoms with Crippen LogP contribution < -0.4 is 4.47 Å².